The number of hydrogen-bond acceptors (Lipinski definition) is 5. The molecule has 0 bridgehead atoms. The Hall–Kier alpha value is -1.77. The van der Waals surface area contributed by atoms with Gasteiger partial charge < -0.3 is 10.6 Å². The summed E-state index contributed by atoms with van der Waals surface area (Å²) in [6, 6.07) is 5.91. The fourth-order valence-corrected chi connectivity index (χ4v) is 3.99. The molecular formula is C16H23N3O4S. The summed E-state index contributed by atoms with van der Waals surface area (Å²) in [5.74, 6) is -0.410. The maximum absolute atomic E-state index is 12.7. The summed E-state index contributed by atoms with van der Waals surface area (Å²) >= 11 is 0. The van der Waals surface area contributed by atoms with Crippen LogP contribution in [0.3, 0.4) is 0 Å². The standard InChI is InChI=1S/C16H23N3O4S/c1-12(11-17)16(21)18-7-9-19(10-8-18)24(22,23)15-5-3-14(4-6-15)13(2)20/h3-6,12H,7-11,17H2,1-2H3. The fourth-order valence-electron chi connectivity index (χ4n) is 2.57. The summed E-state index contributed by atoms with van der Waals surface area (Å²) in [5, 5.41) is 0. The number of nitrogens with zero attached hydrogens (tertiary/aromatic N) is 2. The summed E-state index contributed by atoms with van der Waals surface area (Å²) in [5.41, 5.74) is 5.98. The van der Waals surface area contributed by atoms with Gasteiger partial charge in [-0.1, -0.05) is 19.1 Å². The molecule has 1 aliphatic heterocycles. The number of amides is 1. The van der Waals surface area contributed by atoms with Crippen molar-refractivity contribution in [2.24, 2.45) is 11.7 Å². The Morgan fingerprint density at radius 3 is 2.12 bits per heavy atom. The van der Waals surface area contributed by atoms with Gasteiger partial charge in [0.05, 0.1) is 4.90 Å². The second-order valence-corrected chi connectivity index (χ2v) is 7.88. The zero-order chi connectivity index (χ0) is 17.9. The number of piperazine rings is 1. The molecule has 24 heavy (non-hydrogen) atoms. The van der Waals surface area contributed by atoms with Crippen LogP contribution in [0.15, 0.2) is 29.2 Å². The number of carbonyl (C=O) groups excluding carboxylic acids is 2. The molecule has 2 N–H and O–H groups in total. The quantitative estimate of drug-likeness (QED) is 0.768. The summed E-state index contributed by atoms with van der Waals surface area (Å²) in [4.78, 5) is 25.2. The van der Waals surface area contributed by atoms with Crippen molar-refractivity contribution in [2.45, 2.75) is 18.7 Å². The van der Waals surface area contributed by atoms with Crippen LogP contribution < -0.4 is 5.73 Å². The maximum Gasteiger partial charge on any atom is 0.243 e. The van der Waals surface area contributed by atoms with Crippen molar-refractivity contribution in [1.82, 2.24) is 9.21 Å². The van der Waals surface area contributed by atoms with Gasteiger partial charge in [0.15, 0.2) is 5.78 Å². The molecule has 2 rings (SSSR count). The van der Waals surface area contributed by atoms with E-state index in [-0.39, 0.29) is 42.1 Å². The van der Waals surface area contributed by atoms with Crippen molar-refractivity contribution < 1.29 is 18.0 Å². The highest BCUT2D eigenvalue weighted by Crippen LogP contribution is 2.19. The molecule has 1 aromatic rings. The van der Waals surface area contributed by atoms with E-state index in [0.29, 0.717) is 18.7 Å². The van der Waals surface area contributed by atoms with Gasteiger partial charge in [-0.3, -0.25) is 9.59 Å². The van der Waals surface area contributed by atoms with Gasteiger partial charge >= 0.3 is 0 Å². The molecule has 0 spiro atoms. The molecular weight excluding hydrogens is 330 g/mol. The molecule has 1 heterocycles. The summed E-state index contributed by atoms with van der Waals surface area (Å²) in [6.45, 7) is 4.69. The molecule has 0 aromatic heterocycles. The second-order valence-electron chi connectivity index (χ2n) is 5.95. The van der Waals surface area contributed by atoms with Gasteiger partial charge in [-0.25, -0.2) is 8.42 Å². The zero-order valence-electron chi connectivity index (χ0n) is 13.9. The lowest BCUT2D eigenvalue weighted by molar-refractivity contribution is -0.135. The minimum Gasteiger partial charge on any atom is -0.340 e. The van der Waals surface area contributed by atoms with Crippen LogP contribution in [-0.2, 0) is 14.8 Å². The lowest BCUT2D eigenvalue weighted by Gasteiger charge is -2.35. The number of hydrogen-bond donors (Lipinski definition) is 1. The molecule has 0 radical (unpaired) electrons. The van der Waals surface area contributed by atoms with E-state index >= 15 is 0 Å². The molecule has 132 valence electrons. The number of rotatable bonds is 5. The predicted octanol–water partition coefficient (Wildman–Crippen LogP) is 0.317. The molecule has 0 saturated carbocycles. The van der Waals surface area contributed by atoms with Gasteiger partial charge in [0.1, 0.15) is 0 Å². The number of ketones is 1. The first-order valence-corrected chi connectivity index (χ1v) is 9.31. The third kappa shape index (κ3) is 3.82. The van der Waals surface area contributed by atoms with Gasteiger partial charge in [0.2, 0.25) is 15.9 Å². The molecule has 1 fully saturated rings. The van der Waals surface area contributed by atoms with E-state index in [1.165, 1.54) is 35.5 Å². The molecule has 1 aliphatic rings. The van der Waals surface area contributed by atoms with Gasteiger partial charge in [0, 0.05) is 44.2 Å². The Morgan fingerprint density at radius 1 is 1.12 bits per heavy atom. The first kappa shape index (κ1) is 18.6. The third-order valence-corrected chi connectivity index (χ3v) is 6.14. The molecule has 1 amide bonds. The number of carbonyl (C=O) groups is 2. The Labute approximate surface area is 142 Å². The summed E-state index contributed by atoms with van der Waals surface area (Å²) in [6.07, 6.45) is 0. The topological polar surface area (TPSA) is 101 Å². The van der Waals surface area contributed by atoms with Crippen LogP contribution >= 0.6 is 0 Å². The molecule has 1 atom stereocenters. The molecule has 0 aliphatic carbocycles. The molecule has 7 nitrogen and oxygen atoms in total. The van der Waals surface area contributed by atoms with E-state index < -0.39 is 10.0 Å². The maximum atomic E-state index is 12.7. The van der Waals surface area contributed by atoms with Crippen LogP contribution in [0.1, 0.15) is 24.2 Å². The van der Waals surface area contributed by atoms with E-state index in [4.69, 9.17) is 5.73 Å². The Balaban J connectivity index is 2.07. The predicted molar refractivity (Wildman–Crippen MR) is 90.0 cm³/mol. The van der Waals surface area contributed by atoms with Crippen molar-refractivity contribution in [1.29, 1.82) is 0 Å². The number of sulfonamides is 1. The fraction of sp³-hybridized carbons (Fsp3) is 0.500. The molecule has 1 aromatic carbocycles. The average molecular weight is 353 g/mol. The highest BCUT2D eigenvalue weighted by Gasteiger charge is 2.31. The van der Waals surface area contributed by atoms with Crippen molar-refractivity contribution in [3.05, 3.63) is 29.8 Å². The monoisotopic (exact) mass is 353 g/mol. The van der Waals surface area contributed by atoms with Gasteiger partial charge in [-0.05, 0) is 19.1 Å². The highest BCUT2D eigenvalue weighted by molar-refractivity contribution is 7.89. The molecule has 1 saturated heterocycles. The summed E-state index contributed by atoms with van der Waals surface area (Å²) in [7, 11) is -3.62. The van der Waals surface area contributed by atoms with E-state index in [2.05, 4.69) is 0 Å². The van der Waals surface area contributed by atoms with E-state index in [9.17, 15) is 18.0 Å². The number of Topliss-reactive ketones (excluding diaryl/α,β-unsaturated/α-hetero) is 1. The number of benzene rings is 1. The van der Waals surface area contributed by atoms with Gasteiger partial charge in [0.25, 0.3) is 0 Å². The lowest BCUT2D eigenvalue weighted by Crippen LogP contribution is -2.52. The highest BCUT2D eigenvalue weighted by atomic mass is 32.2. The normalized spacial score (nSPS) is 17.5. The smallest absolute Gasteiger partial charge is 0.243 e. The lowest BCUT2D eigenvalue weighted by atomic mass is 10.1. The Morgan fingerprint density at radius 2 is 1.67 bits per heavy atom. The van der Waals surface area contributed by atoms with Crippen molar-refractivity contribution in [3.8, 4) is 0 Å². The van der Waals surface area contributed by atoms with Crippen LogP contribution in [0, 0.1) is 5.92 Å². The van der Waals surface area contributed by atoms with Crippen molar-refractivity contribution >= 4 is 21.7 Å². The Bertz CT molecular complexity index is 707. The van der Waals surface area contributed by atoms with Crippen LogP contribution in [0.5, 0.6) is 0 Å². The van der Waals surface area contributed by atoms with Crippen LogP contribution in [0.25, 0.3) is 0 Å². The average Bonchev–Trinajstić information content (AvgIpc) is 2.60. The van der Waals surface area contributed by atoms with Crippen LogP contribution in [-0.4, -0.2) is 62.0 Å². The Kier molecular flexibility index (Phi) is 5.74. The first-order chi connectivity index (χ1) is 11.3. The van der Waals surface area contributed by atoms with Crippen LogP contribution in [0.4, 0.5) is 0 Å². The summed E-state index contributed by atoms with van der Waals surface area (Å²) < 4.78 is 26.7. The largest absolute Gasteiger partial charge is 0.340 e. The van der Waals surface area contributed by atoms with Crippen molar-refractivity contribution in [3.63, 3.8) is 0 Å². The minimum absolute atomic E-state index is 0.0413. The van der Waals surface area contributed by atoms with Gasteiger partial charge in [-0.2, -0.15) is 4.31 Å². The molecule has 8 heteroatoms. The van der Waals surface area contributed by atoms with Gasteiger partial charge in [-0.15, -0.1) is 0 Å². The first-order valence-electron chi connectivity index (χ1n) is 7.87. The van der Waals surface area contributed by atoms with E-state index in [1.807, 2.05) is 0 Å². The van der Waals surface area contributed by atoms with Crippen LogP contribution in [0.2, 0.25) is 0 Å². The molecule has 1 unspecified atom stereocenters. The SMILES string of the molecule is CC(=O)c1ccc(S(=O)(=O)N2CCN(C(=O)C(C)CN)CC2)cc1. The second kappa shape index (κ2) is 7.42. The zero-order valence-corrected chi connectivity index (χ0v) is 14.8. The van der Waals surface area contributed by atoms with Crippen molar-refractivity contribution in [2.75, 3.05) is 32.7 Å². The number of nitrogens with two attached hydrogens (primary N) is 1. The third-order valence-electron chi connectivity index (χ3n) is 4.22. The van der Waals surface area contributed by atoms with E-state index in [0.717, 1.165) is 0 Å². The minimum atomic E-state index is -3.62. The van der Waals surface area contributed by atoms with E-state index in [1.54, 1.807) is 11.8 Å².